The Kier molecular flexibility index (Phi) is 4.04. The van der Waals surface area contributed by atoms with E-state index in [4.69, 9.17) is 0 Å². The second kappa shape index (κ2) is 5.31. The van der Waals surface area contributed by atoms with Crippen molar-refractivity contribution in [2.24, 2.45) is 5.92 Å². The van der Waals surface area contributed by atoms with Gasteiger partial charge in [0.05, 0.1) is 6.10 Å². The third kappa shape index (κ3) is 3.18. The van der Waals surface area contributed by atoms with Crippen molar-refractivity contribution in [3.63, 3.8) is 0 Å². The molecule has 1 N–H and O–H groups in total. The molecule has 2 atom stereocenters. The number of piperidine rings is 1. The van der Waals surface area contributed by atoms with Crippen LogP contribution in [0.2, 0.25) is 0 Å². The monoisotopic (exact) mass is 211 g/mol. The molecule has 0 bridgehead atoms. The summed E-state index contributed by atoms with van der Waals surface area (Å²) < 4.78 is 0. The van der Waals surface area contributed by atoms with E-state index in [0.29, 0.717) is 6.04 Å². The van der Waals surface area contributed by atoms with Gasteiger partial charge in [-0.3, -0.25) is 0 Å². The van der Waals surface area contributed by atoms with E-state index in [2.05, 4.69) is 11.8 Å². The molecule has 2 nitrogen and oxygen atoms in total. The summed E-state index contributed by atoms with van der Waals surface area (Å²) in [6.07, 6.45) is 9.12. The maximum absolute atomic E-state index is 9.58. The van der Waals surface area contributed by atoms with Crippen molar-refractivity contribution < 1.29 is 5.11 Å². The Hall–Kier alpha value is -0.0800. The van der Waals surface area contributed by atoms with Crippen LogP contribution in [0.15, 0.2) is 0 Å². The van der Waals surface area contributed by atoms with Crippen molar-refractivity contribution in [2.45, 2.75) is 64.0 Å². The average Bonchev–Trinajstić information content (AvgIpc) is 2.24. The molecule has 2 rings (SSSR count). The van der Waals surface area contributed by atoms with Gasteiger partial charge in [0.1, 0.15) is 0 Å². The van der Waals surface area contributed by atoms with Crippen LogP contribution in [0.25, 0.3) is 0 Å². The van der Waals surface area contributed by atoms with E-state index in [1.54, 1.807) is 0 Å². The fourth-order valence-electron chi connectivity index (χ4n) is 3.17. The summed E-state index contributed by atoms with van der Waals surface area (Å²) in [7, 11) is 0. The lowest BCUT2D eigenvalue weighted by atomic mass is 9.88. The largest absolute Gasteiger partial charge is 0.393 e. The van der Waals surface area contributed by atoms with Gasteiger partial charge in [0.2, 0.25) is 0 Å². The first-order chi connectivity index (χ1) is 7.25. The number of nitrogens with zero attached hydrogens (tertiary/aromatic N) is 1. The fourth-order valence-corrected chi connectivity index (χ4v) is 3.17. The lowest BCUT2D eigenvalue weighted by Crippen LogP contribution is -2.45. The highest BCUT2D eigenvalue weighted by Gasteiger charge is 2.26. The van der Waals surface area contributed by atoms with Crippen LogP contribution < -0.4 is 0 Å². The van der Waals surface area contributed by atoms with E-state index >= 15 is 0 Å². The Morgan fingerprint density at radius 2 is 1.87 bits per heavy atom. The highest BCUT2D eigenvalue weighted by atomic mass is 16.3. The Morgan fingerprint density at radius 3 is 2.53 bits per heavy atom. The number of aliphatic hydroxyl groups is 1. The molecule has 0 radical (unpaired) electrons. The SMILES string of the molecule is CC1CC(O)CCN1CC1CCCCC1. The Balaban J connectivity index is 1.77. The molecule has 0 aromatic heterocycles. The maximum Gasteiger partial charge on any atom is 0.0567 e. The van der Waals surface area contributed by atoms with E-state index in [0.717, 1.165) is 25.3 Å². The standard InChI is InChI=1S/C13H25NO/c1-11-9-13(15)7-8-14(11)10-12-5-3-2-4-6-12/h11-13,15H,2-10H2,1H3. The van der Waals surface area contributed by atoms with Gasteiger partial charge in [-0.15, -0.1) is 0 Å². The lowest BCUT2D eigenvalue weighted by Gasteiger charge is -2.38. The van der Waals surface area contributed by atoms with E-state index in [-0.39, 0.29) is 6.10 Å². The molecule has 0 aromatic rings. The molecule has 0 spiro atoms. The summed E-state index contributed by atoms with van der Waals surface area (Å²) in [6, 6.07) is 0.593. The number of rotatable bonds is 2. The zero-order valence-corrected chi connectivity index (χ0v) is 9.99. The van der Waals surface area contributed by atoms with Gasteiger partial charge in [-0.2, -0.15) is 0 Å². The molecule has 1 heterocycles. The van der Waals surface area contributed by atoms with Gasteiger partial charge in [0.15, 0.2) is 0 Å². The van der Waals surface area contributed by atoms with Crippen molar-refractivity contribution in [1.29, 1.82) is 0 Å². The summed E-state index contributed by atoms with van der Waals surface area (Å²) in [5.74, 6) is 0.941. The van der Waals surface area contributed by atoms with Gasteiger partial charge in [-0.25, -0.2) is 0 Å². The molecule has 1 aliphatic carbocycles. The topological polar surface area (TPSA) is 23.5 Å². The van der Waals surface area contributed by atoms with Crippen LogP contribution in [0.3, 0.4) is 0 Å². The van der Waals surface area contributed by atoms with Crippen LogP contribution in [0.5, 0.6) is 0 Å². The fraction of sp³-hybridized carbons (Fsp3) is 1.00. The summed E-state index contributed by atoms with van der Waals surface area (Å²) >= 11 is 0. The van der Waals surface area contributed by atoms with Gasteiger partial charge in [-0.1, -0.05) is 19.3 Å². The van der Waals surface area contributed by atoms with Crippen molar-refractivity contribution in [3.05, 3.63) is 0 Å². The third-order valence-electron chi connectivity index (χ3n) is 4.20. The first-order valence-corrected chi connectivity index (χ1v) is 6.68. The van der Waals surface area contributed by atoms with Gasteiger partial charge in [0.25, 0.3) is 0 Å². The predicted molar refractivity (Wildman–Crippen MR) is 62.9 cm³/mol. The van der Waals surface area contributed by atoms with Crippen LogP contribution in [-0.2, 0) is 0 Å². The number of hydrogen-bond acceptors (Lipinski definition) is 2. The quantitative estimate of drug-likeness (QED) is 0.758. The molecule has 1 saturated carbocycles. The first kappa shape index (κ1) is 11.4. The van der Waals surface area contributed by atoms with Crippen LogP contribution >= 0.6 is 0 Å². The Labute approximate surface area is 93.7 Å². The van der Waals surface area contributed by atoms with Gasteiger partial charge in [0, 0.05) is 19.1 Å². The van der Waals surface area contributed by atoms with Crippen LogP contribution in [0, 0.1) is 5.92 Å². The average molecular weight is 211 g/mol. The molecule has 2 fully saturated rings. The van der Waals surface area contributed by atoms with Crippen molar-refractivity contribution in [1.82, 2.24) is 4.90 Å². The summed E-state index contributed by atoms with van der Waals surface area (Å²) in [6.45, 7) is 4.66. The minimum Gasteiger partial charge on any atom is -0.393 e. The van der Waals surface area contributed by atoms with Crippen molar-refractivity contribution >= 4 is 0 Å². The molecule has 88 valence electrons. The zero-order chi connectivity index (χ0) is 10.7. The van der Waals surface area contributed by atoms with Crippen LogP contribution in [0.1, 0.15) is 51.9 Å². The molecular weight excluding hydrogens is 186 g/mol. The molecule has 1 aliphatic heterocycles. The smallest absolute Gasteiger partial charge is 0.0567 e. The lowest BCUT2D eigenvalue weighted by molar-refractivity contribution is 0.0365. The molecule has 1 saturated heterocycles. The number of aliphatic hydroxyl groups excluding tert-OH is 1. The zero-order valence-electron chi connectivity index (χ0n) is 9.99. The summed E-state index contributed by atoms with van der Waals surface area (Å²) in [5, 5.41) is 9.58. The molecule has 0 amide bonds. The minimum atomic E-state index is -0.0393. The second-order valence-electron chi connectivity index (χ2n) is 5.53. The number of hydrogen-bond donors (Lipinski definition) is 1. The minimum absolute atomic E-state index is 0.0393. The predicted octanol–water partition coefficient (Wildman–Crippen LogP) is 2.41. The van der Waals surface area contributed by atoms with Crippen LogP contribution in [-0.4, -0.2) is 35.2 Å². The van der Waals surface area contributed by atoms with Crippen molar-refractivity contribution in [3.8, 4) is 0 Å². The molecular formula is C13H25NO. The maximum atomic E-state index is 9.58. The third-order valence-corrected chi connectivity index (χ3v) is 4.20. The van der Waals surface area contributed by atoms with Gasteiger partial charge < -0.3 is 10.0 Å². The highest BCUT2D eigenvalue weighted by Crippen LogP contribution is 2.27. The molecule has 2 heteroatoms. The molecule has 15 heavy (non-hydrogen) atoms. The molecule has 2 aliphatic rings. The number of likely N-dealkylation sites (tertiary alicyclic amines) is 1. The normalized spacial score (nSPS) is 35.6. The second-order valence-corrected chi connectivity index (χ2v) is 5.53. The van der Waals surface area contributed by atoms with Crippen LogP contribution in [0.4, 0.5) is 0 Å². The van der Waals surface area contributed by atoms with E-state index in [1.165, 1.54) is 38.6 Å². The van der Waals surface area contributed by atoms with Gasteiger partial charge >= 0.3 is 0 Å². The highest BCUT2D eigenvalue weighted by molar-refractivity contribution is 4.80. The van der Waals surface area contributed by atoms with E-state index in [9.17, 15) is 5.11 Å². The van der Waals surface area contributed by atoms with E-state index in [1.807, 2.05) is 0 Å². The van der Waals surface area contributed by atoms with E-state index < -0.39 is 0 Å². The molecule has 2 unspecified atom stereocenters. The first-order valence-electron chi connectivity index (χ1n) is 6.68. The Morgan fingerprint density at radius 1 is 1.13 bits per heavy atom. The summed E-state index contributed by atoms with van der Waals surface area (Å²) in [4.78, 5) is 2.60. The molecule has 0 aromatic carbocycles. The van der Waals surface area contributed by atoms with Crippen molar-refractivity contribution in [2.75, 3.05) is 13.1 Å². The Bertz CT molecular complexity index is 189. The van der Waals surface area contributed by atoms with Gasteiger partial charge in [-0.05, 0) is 38.5 Å². The summed E-state index contributed by atoms with van der Waals surface area (Å²) in [5.41, 5.74) is 0.